The van der Waals surface area contributed by atoms with Crippen molar-refractivity contribution >= 4 is 35.0 Å². The number of amides is 2. The zero-order valence-corrected chi connectivity index (χ0v) is 18.2. The first-order valence-corrected chi connectivity index (χ1v) is 10.8. The Morgan fingerprint density at radius 1 is 0.969 bits per heavy atom. The zero-order valence-electron chi connectivity index (χ0n) is 17.4. The monoisotopic (exact) mass is 448 g/mol. The molecule has 8 nitrogen and oxygen atoms in total. The van der Waals surface area contributed by atoms with Gasteiger partial charge in [-0.1, -0.05) is 5.16 Å². The molecule has 0 aliphatic carbocycles. The molecule has 0 spiro atoms. The number of hydrogen-bond donors (Lipinski definition) is 2. The number of benzene rings is 1. The van der Waals surface area contributed by atoms with Crippen LogP contribution in [0.2, 0.25) is 0 Å². The first-order valence-electron chi connectivity index (χ1n) is 9.77. The van der Waals surface area contributed by atoms with Crippen molar-refractivity contribution in [3.63, 3.8) is 0 Å². The Morgan fingerprint density at radius 3 is 2.31 bits per heavy atom. The van der Waals surface area contributed by atoms with Crippen LogP contribution in [-0.2, 0) is 5.75 Å². The van der Waals surface area contributed by atoms with Crippen LogP contribution in [0, 0.1) is 13.8 Å². The lowest BCUT2D eigenvalue weighted by molar-refractivity contribution is 0.0994. The van der Waals surface area contributed by atoms with Crippen molar-refractivity contribution in [3.05, 3.63) is 89.3 Å². The number of thioether (sulfide) groups is 1. The molecule has 9 heteroatoms. The van der Waals surface area contributed by atoms with Gasteiger partial charge in [-0.3, -0.25) is 9.59 Å². The minimum absolute atomic E-state index is 0.223. The van der Waals surface area contributed by atoms with E-state index in [2.05, 4.69) is 20.8 Å². The van der Waals surface area contributed by atoms with E-state index >= 15 is 0 Å². The number of furan rings is 1. The minimum atomic E-state index is -0.345. The van der Waals surface area contributed by atoms with E-state index in [1.807, 2.05) is 13.8 Å². The second-order valence-corrected chi connectivity index (χ2v) is 7.87. The number of anilines is 2. The number of aromatic nitrogens is 2. The molecular weight excluding hydrogens is 428 g/mol. The molecule has 3 aromatic heterocycles. The van der Waals surface area contributed by atoms with Gasteiger partial charge in [0.2, 0.25) is 0 Å². The van der Waals surface area contributed by atoms with Crippen molar-refractivity contribution in [3.8, 4) is 0 Å². The molecule has 2 N–H and O–H groups in total. The highest BCUT2D eigenvalue weighted by molar-refractivity contribution is 7.98. The van der Waals surface area contributed by atoms with Crippen LogP contribution in [0.15, 0.2) is 75.0 Å². The van der Waals surface area contributed by atoms with Gasteiger partial charge in [0.05, 0.1) is 17.5 Å². The number of nitrogens with zero attached hydrogens (tertiary/aromatic N) is 2. The number of carbonyl (C=O) groups excluding carboxylic acids is 2. The Kier molecular flexibility index (Phi) is 6.37. The summed E-state index contributed by atoms with van der Waals surface area (Å²) in [5.41, 5.74) is 3.48. The maximum Gasteiger partial charge on any atom is 0.291 e. The average molecular weight is 449 g/mol. The molecule has 0 bridgehead atoms. The zero-order chi connectivity index (χ0) is 22.5. The van der Waals surface area contributed by atoms with Gasteiger partial charge in [0, 0.05) is 28.9 Å². The van der Waals surface area contributed by atoms with Crippen LogP contribution in [0.3, 0.4) is 0 Å². The van der Waals surface area contributed by atoms with E-state index in [1.54, 1.807) is 54.7 Å². The van der Waals surface area contributed by atoms with E-state index in [0.717, 1.165) is 17.0 Å². The van der Waals surface area contributed by atoms with E-state index in [4.69, 9.17) is 8.94 Å². The molecule has 0 fully saturated rings. The van der Waals surface area contributed by atoms with Crippen molar-refractivity contribution in [2.75, 3.05) is 10.6 Å². The lowest BCUT2D eigenvalue weighted by Gasteiger charge is -2.10. The standard InChI is InChI=1S/C23H20N4O4S/c1-14-19(15(2)31-27-14)13-32-23-18(5-3-11-24-23)21(28)25-16-7-9-17(10-8-16)26-22(29)20-6-4-12-30-20/h3-12H,13H2,1-2H3,(H,25,28)(H,26,29). The number of nitrogens with one attached hydrogen (secondary N) is 2. The van der Waals surface area contributed by atoms with Crippen molar-refractivity contribution in [1.82, 2.24) is 10.1 Å². The highest BCUT2D eigenvalue weighted by atomic mass is 32.2. The third-order valence-corrected chi connectivity index (χ3v) is 5.73. The van der Waals surface area contributed by atoms with Crippen LogP contribution in [0.4, 0.5) is 11.4 Å². The number of pyridine rings is 1. The molecule has 0 saturated carbocycles. The van der Waals surface area contributed by atoms with Gasteiger partial charge in [-0.05, 0) is 62.4 Å². The lowest BCUT2D eigenvalue weighted by Crippen LogP contribution is -2.14. The Balaban J connectivity index is 1.41. The molecule has 4 aromatic rings. The third kappa shape index (κ3) is 4.89. The maximum atomic E-state index is 12.9. The van der Waals surface area contributed by atoms with E-state index in [1.165, 1.54) is 18.0 Å². The molecule has 0 radical (unpaired) electrons. The second-order valence-electron chi connectivity index (χ2n) is 6.91. The molecule has 0 aliphatic heterocycles. The van der Waals surface area contributed by atoms with E-state index in [-0.39, 0.29) is 17.6 Å². The number of carbonyl (C=O) groups is 2. The fourth-order valence-electron chi connectivity index (χ4n) is 2.96. The summed E-state index contributed by atoms with van der Waals surface area (Å²) in [7, 11) is 0. The summed E-state index contributed by atoms with van der Waals surface area (Å²) in [6.07, 6.45) is 3.09. The van der Waals surface area contributed by atoms with Crippen LogP contribution in [0.5, 0.6) is 0 Å². The van der Waals surface area contributed by atoms with Gasteiger partial charge in [0.15, 0.2) is 5.76 Å². The Labute approximate surface area is 188 Å². The first kappa shape index (κ1) is 21.4. The minimum Gasteiger partial charge on any atom is -0.459 e. The predicted octanol–water partition coefficient (Wildman–Crippen LogP) is 5.08. The van der Waals surface area contributed by atoms with Gasteiger partial charge >= 0.3 is 0 Å². The topological polar surface area (TPSA) is 110 Å². The van der Waals surface area contributed by atoms with Crippen LogP contribution >= 0.6 is 11.8 Å². The molecule has 0 unspecified atom stereocenters. The average Bonchev–Trinajstić information content (AvgIpc) is 3.44. The van der Waals surface area contributed by atoms with Gasteiger partial charge in [0.1, 0.15) is 10.8 Å². The highest BCUT2D eigenvalue weighted by Gasteiger charge is 2.16. The number of aryl methyl sites for hydroxylation is 2. The smallest absolute Gasteiger partial charge is 0.291 e. The molecule has 2 amide bonds. The molecule has 162 valence electrons. The molecule has 4 rings (SSSR count). The quantitative estimate of drug-likeness (QED) is 0.380. The van der Waals surface area contributed by atoms with Crippen LogP contribution < -0.4 is 10.6 Å². The molecule has 0 atom stereocenters. The van der Waals surface area contributed by atoms with E-state index < -0.39 is 0 Å². The van der Waals surface area contributed by atoms with Crippen LogP contribution in [0.1, 0.15) is 37.9 Å². The van der Waals surface area contributed by atoms with Crippen molar-refractivity contribution in [1.29, 1.82) is 0 Å². The van der Waals surface area contributed by atoms with Crippen LogP contribution in [0.25, 0.3) is 0 Å². The largest absolute Gasteiger partial charge is 0.459 e. The van der Waals surface area contributed by atoms with Gasteiger partial charge in [0.25, 0.3) is 11.8 Å². The summed E-state index contributed by atoms with van der Waals surface area (Å²) in [4.78, 5) is 29.3. The summed E-state index contributed by atoms with van der Waals surface area (Å²) in [6.45, 7) is 3.75. The summed E-state index contributed by atoms with van der Waals surface area (Å²) in [5, 5.41) is 10.2. The van der Waals surface area contributed by atoms with Gasteiger partial charge in [-0.15, -0.1) is 11.8 Å². The molecule has 32 heavy (non-hydrogen) atoms. The maximum absolute atomic E-state index is 12.9. The fraction of sp³-hybridized carbons (Fsp3) is 0.130. The Hall–Kier alpha value is -3.85. The summed E-state index contributed by atoms with van der Waals surface area (Å²) in [6, 6.07) is 13.5. The lowest BCUT2D eigenvalue weighted by atomic mass is 10.2. The summed E-state index contributed by atoms with van der Waals surface area (Å²) >= 11 is 1.45. The van der Waals surface area contributed by atoms with E-state index in [0.29, 0.717) is 27.7 Å². The Bertz CT molecular complexity index is 1210. The molecule has 1 aromatic carbocycles. The van der Waals surface area contributed by atoms with Gasteiger partial charge in [-0.2, -0.15) is 0 Å². The van der Waals surface area contributed by atoms with Crippen molar-refractivity contribution < 1.29 is 18.5 Å². The van der Waals surface area contributed by atoms with Gasteiger partial charge in [-0.25, -0.2) is 4.98 Å². The summed E-state index contributed by atoms with van der Waals surface area (Å²) in [5.74, 6) is 0.966. The SMILES string of the molecule is Cc1noc(C)c1CSc1ncccc1C(=O)Nc1ccc(NC(=O)c2ccco2)cc1. The fourth-order valence-corrected chi connectivity index (χ4v) is 4.11. The van der Waals surface area contributed by atoms with Crippen molar-refractivity contribution in [2.45, 2.75) is 24.6 Å². The highest BCUT2D eigenvalue weighted by Crippen LogP contribution is 2.27. The molecule has 0 saturated heterocycles. The predicted molar refractivity (Wildman–Crippen MR) is 121 cm³/mol. The number of hydrogen-bond acceptors (Lipinski definition) is 7. The second kappa shape index (κ2) is 9.52. The first-order chi connectivity index (χ1) is 15.5. The third-order valence-electron chi connectivity index (χ3n) is 4.70. The summed E-state index contributed by atoms with van der Waals surface area (Å²) < 4.78 is 10.3. The molecular formula is C23H20N4O4S. The Morgan fingerprint density at radius 2 is 1.69 bits per heavy atom. The van der Waals surface area contributed by atoms with E-state index in [9.17, 15) is 9.59 Å². The van der Waals surface area contributed by atoms with Gasteiger partial charge < -0.3 is 19.6 Å². The van der Waals surface area contributed by atoms with Crippen molar-refractivity contribution in [2.24, 2.45) is 0 Å². The number of rotatable bonds is 7. The molecule has 3 heterocycles. The molecule has 0 aliphatic rings. The normalized spacial score (nSPS) is 10.7. The van der Waals surface area contributed by atoms with Crippen LogP contribution in [-0.4, -0.2) is 22.0 Å².